The van der Waals surface area contributed by atoms with Gasteiger partial charge in [-0.05, 0) is 38.0 Å². The third kappa shape index (κ3) is 3.67. The minimum atomic E-state index is -0.803. The molecule has 1 aliphatic heterocycles. The summed E-state index contributed by atoms with van der Waals surface area (Å²) < 4.78 is 10.8. The Bertz CT molecular complexity index is 640. The van der Waals surface area contributed by atoms with Gasteiger partial charge < -0.3 is 14.4 Å². The van der Waals surface area contributed by atoms with Crippen molar-refractivity contribution in [2.45, 2.75) is 32.4 Å². The van der Waals surface area contributed by atoms with Gasteiger partial charge in [0.1, 0.15) is 23.7 Å². The van der Waals surface area contributed by atoms with Crippen molar-refractivity contribution in [1.82, 2.24) is 10.1 Å². The number of β-amino-alcohol motifs (C(OH)–C–C–N with tert-alkyl or cyclic N) is 1. The number of hydrogen-bond acceptors (Lipinski definition) is 5. The lowest BCUT2D eigenvalue weighted by molar-refractivity contribution is 0.00323. The zero-order chi connectivity index (χ0) is 15.6. The largest absolute Gasteiger partial charge is 0.491 e. The maximum absolute atomic E-state index is 10.7. The summed E-state index contributed by atoms with van der Waals surface area (Å²) in [6, 6.07) is 9.82. The molecule has 5 nitrogen and oxygen atoms in total. The maximum Gasteiger partial charge on any atom is 0.133 e. The van der Waals surface area contributed by atoms with Crippen molar-refractivity contribution in [3.05, 3.63) is 47.3 Å². The summed E-state index contributed by atoms with van der Waals surface area (Å²) >= 11 is 0. The zero-order valence-electron chi connectivity index (χ0n) is 13.1. The van der Waals surface area contributed by atoms with Crippen LogP contribution in [0, 0.1) is 13.8 Å². The fourth-order valence-corrected chi connectivity index (χ4v) is 2.84. The molecule has 1 saturated heterocycles. The monoisotopic (exact) mass is 302 g/mol. The van der Waals surface area contributed by atoms with Crippen molar-refractivity contribution < 1.29 is 14.4 Å². The Kier molecular flexibility index (Phi) is 4.18. The molecular weight excluding hydrogens is 280 g/mol. The second kappa shape index (κ2) is 6.10. The highest BCUT2D eigenvalue weighted by molar-refractivity contribution is 5.27. The molecule has 0 spiro atoms. The van der Waals surface area contributed by atoms with E-state index in [1.54, 1.807) is 0 Å². The van der Waals surface area contributed by atoms with Crippen LogP contribution < -0.4 is 4.74 Å². The van der Waals surface area contributed by atoms with Gasteiger partial charge in [0.25, 0.3) is 0 Å². The average molecular weight is 302 g/mol. The first-order valence-corrected chi connectivity index (χ1v) is 7.59. The van der Waals surface area contributed by atoms with Crippen LogP contribution in [0.3, 0.4) is 0 Å². The first-order valence-electron chi connectivity index (χ1n) is 7.59. The van der Waals surface area contributed by atoms with Crippen molar-refractivity contribution in [2.24, 2.45) is 0 Å². The molecule has 0 amide bonds. The number of hydrogen-bond donors (Lipinski definition) is 1. The van der Waals surface area contributed by atoms with Crippen molar-refractivity contribution in [1.29, 1.82) is 0 Å². The van der Waals surface area contributed by atoms with Gasteiger partial charge in [0, 0.05) is 25.7 Å². The van der Waals surface area contributed by atoms with Crippen LogP contribution in [-0.2, 0) is 6.54 Å². The molecule has 1 aliphatic rings. The Labute approximate surface area is 130 Å². The highest BCUT2D eigenvalue weighted by Gasteiger charge is 2.37. The predicted octanol–water partition coefficient (Wildman–Crippen LogP) is 2.31. The van der Waals surface area contributed by atoms with Gasteiger partial charge in [0.15, 0.2) is 0 Å². The van der Waals surface area contributed by atoms with E-state index < -0.39 is 5.60 Å². The topological polar surface area (TPSA) is 58.7 Å². The molecule has 5 heteroatoms. The smallest absolute Gasteiger partial charge is 0.133 e. The second-order valence-electron chi connectivity index (χ2n) is 6.22. The summed E-state index contributed by atoms with van der Waals surface area (Å²) in [4.78, 5) is 2.18. The van der Waals surface area contributed by atoms with Crippen LogP contribution in [0.4, 0.5) is 0 Å². The van der Waals surface area contributed by atoms with Gasteiger partial charge in [-0.3, -0.25) is 4.90 Å². The van der Waals surface area contributed by atoms with Gasteiger partial charge >= 0.3 is 0 Å². The van der Waals surface area contributed by atoms with Crippen LogP contribution in [0.2, 0.25) is 0 Å². The number of likely N-dealkylation sites (tertiary alicyclic amines) is 1. The molecular formula is C17H22N2O3. The molecule has 2 aromatic rings. The molecule has 3 rings (SSSR count). The first-order chi connectivity index (χ1) is 10.5. The minimum Gasteiger partial charge on any atom is -0.491 e. The lowest BCUT2D eigenvalue weighted by atomic mass is 10.1. The Balaban J connectivity index is 1.54. The van der Waals surface area contributed by atoms with E-state index >= 15 is 0 Å². The average Bonchev–Trinajstić information content (AvgIpc) is 3.04. The van der Waals surface area contributed by atoms with Crippen LogP contribution in [0.25, 0.3) is 0 Å². The van der Waals surface area contributed by atoms with E-state index in [4.69, 9.17) is 9.26 Å². The van der Waals surface area contributed by atoms with E-state index in [0.717, 1.165) is 29.3 Å². The van der Waals surface area contributed by atoms with Gasteiger partial charge in [-0.1, -0.05) is 17.3 Å². The van der Waals surface area contributed by atoms with Gasteiger partial charge in [-0.25, -0.2) is 0 Å². The Morgan fingerprint density at radius 2 is 2.23 bits per heavy atom. The minimum absolute atomic E-state index is 0.310. The van der Waals surface area contributed by atoms with Gasteiger partial charge in [0.05, 0.1) is 5.69 Å². The lowest BCUT2D eigenvalue weighted by Crippen LogP contribution is -2.39. The first kappa shape index (κ1) is 15.1. The highest BCUT2D eigenvalue weighted by Crippen LogP contribution is 2.24. The molecule has 22 heavy (non-hydrogen) atoms. The summed E-state index contributed by atoms with van der Waals surface area (Å²) in [5.41, 5.74) is 1.25. The highest BCUT2D eigenvalue weighted by atomic mass is 16.5. The van der Waals surface area contributed by atoms with Crippen LogP contribution in [0.15, 0.2) is 34.9 Å². The number of aryl methyl sites for hydroxylation is 2. The Morgan fingerprint density at radius 1 is 1.36 bits per heavy atom. The van der Waals surface area contributed by atoms with E-state index in [-0.39, 0.29) is 0 Å². The second-order valence-corrected chi connectivity index (χ2v) is 6.22. The number of nitrogens with zero attached hydrogens (tertiary/aromatic N) is 2. The van der Waals surface area contributed by atoms with Gasteiger partial charge in [-0.2, -0.15) is 0 Å². The van der Waals surface area contributed by atoms with Crippen molar-refractivity contribution >= 4 is 0 Å². The predicted molar refractivity (Wildman–Crippen MR) is 82.8 cm³/mol. The Morgan fingerprint density at radius 3 is 2.95 bits per heavy atom. The molecule has 1 atom stereocenters. The number of ether oxygens (including phenoxy) is 1. The fraction of sp³-hybridized carbons (Fsp3) is 0.471. The summed E-state index contributed by atoms with van der Waals surface area (Å²) in [5.74, 6) is 1.62. The molecule has 0 saturated carbocycles. The molecule has 1 aromatic carbocycles. The van der Waals surface area contributed by atoms with Crippen LogP contribution >= 0.6 is 0 Å². The van der Waals surface area contributed by atoms with E-state index in [1.165, 1.54) is 0 Å². The fourth-order valence-electron chi connectivity index (χ4n) is 2.84. The number of aliphatic hydroxyl groups is 1. The molecule has 1 fully saturated rings. The summed E-state index contributed by atoms with van der Waals surface area (Å²) in [5, 5.41) is 14.7. The SMILES string of the molecule is Cc1cccc(OC[C@@]2(O)CCN(Cc3cc(C)on3)C2)c1. The van der Waals surface area contributed by atoms with Gasteiger partial charge in [-0.15, -0.1) is 0 Å². The van der Waals surface area contributed by atoms with Crippen LogP contribution in [0.5, 0.6) is 5.75 Å². The standard InChI is InChI=1S/C17H22N2O3/c1-13-4-3-5-16(8-13)21-12-17(20)6-7-19(11-17)10-15-9-14(2)22-18-15/h3-5,8-9,20H,6-7,10-12H2,1-2H3/t17-/m1/s1. The van der Waals surface area contributed by atoms with Crippen molar-refractivity contribution in [3.63, 3.8) is 0 Å². The molecule has 1 N–H and O–H groups in total. The lowest BCUT2D eigenvalue weighted by Gasteiger charge is -2.23. The van der Waals surface area contributed by atoms with E-state index in [1.807, 2.05) is 44.2 Å². The van der Waals surface area contributed by atoms with E-state index in [2.05, 4.69) is 10.1 Å². The summed E-state index contributed by atoms with van der Waals surface area (Å²) in [7, 11) is 0. The molecule has 0 aliphatic carbocycles. The van der Waals surface area contributed by atoms with Gasteiger partial charge in [0.2, 0.25) is 0 Å². The normalized spacial score (nSPS) is 22.1. The van der Waals surface area contributed by atoms with Crippen LogP contribution in [0.1, 0.15) is 23.4 Å². The Hall–Kier alpha value is -1.85. The zero-order valence-corrected chi connectivity index (χ0v) is 13.1. The molecule has 0 radical (unpaired) electrons. The molecule has 118 valence electrons. The van der Waals surface area contributed by atoms with Crippen LogP contribution in [-0.4, -0.2) is 40.5 Å². The number of rotatable bonds is 5. The summed E-state index contributed by atoms with van der Waals surface area (Å²) in [6.45, 7) is 6.34. The molecule has 1 aromatic heterocycles. The molecule has 2 heterocycles. The van der Waals surface area contributed by atoms with Crippen molar-refractivity contribution in [2.75, 3.05) is 19.7 Å². The van der Waals surface area contributed by atoms with E-state index in [9.17, 15) is 5.11 Å². The summed E-state index contributed by atoms with van der Waals surface area (Å²) in [6.07, 6.45) is 0.704. The molecule has 0 bridgehead atoms. The van der Waals surface area contributed by atoms with Crippen molar-refractivity contribution in [3.8, 4) is 5.75 Å². The number of benzene rings is 1. The third-order valence-corrected chi connectivity index (χ3v) is 3.97. The molecule has 0 unspecified atom stereocenters. The quantitative estimate of drug-likeness (QED) is 0.918. The maximum atomic E-state index is 10.7. The van der Waals surface area contributed by atoms with E-state index in [0.29, 0.717) is 26.1 Å². The number of aromatic nitrogens is 1. The third-order valence-electron chi connectivity index (χ3n) is 3.97.